The molecule has 0 fully saturated rings. The van der Waals surface area contributed by atoms with Gasteiger partial charge < -0.3 is 10.1 Å². The lowest BCUT2D eigenvalue weighted by atomic mass is 10.7. The van der Waals surface area contributed by atoms with Crippen LogP contribution in [0.15, 0.2) is 0 Å². The Morgan fingerprint density at radius 3 is 2.75 bits per heavy atom. The van der Waals surface area contributed by atoms with Gasteiger partial charge in [-0.15, -0.1) is 0 Å². The first-order chi connectivity index (χ1) is 3.91. The molecule has 44 valence electrons. The summed E-state index contributed by atoms with van der Waals surface area (Å²) in [6.07, 6.45) is 1.42. The van der Waals surface area contributed by atoms with Crippen molar-refractivity contribution in [2.24, 2.45) is 0 Å². The van der Waals surface area contributed by atoms with Crippen molar-refractivity contribution in [1.82, 2.24) is 5.32 Å². The molecule has 0 saturated heterocycles. The lowest BCUT2D eigenvalue weighted by Crippen LogP contribution is -2.16. The summed E-state index contributed by atoms with van der Waals surface area (Å²) in [7, 11) is 0. The van der Waals surface area contributed by atoms with E-state index >= 15 is 0 Å². The number of ether oxygens (including phenoxy) is 1. The minimum Gasteiger partial charge on any atom is -0.455 e. The van der Waals surface area contributed by atoms with E-state index in [9.17, 15) is 9.59 Å². The van der Waals surface area contributed by atoms with Gasteiger partial charge in [-0.2, -0.15) is 0 Å². The van der Waals surface area contributed by atoms with Gasteiger partial charge >= 0.3 is 12.9 Å². The highest BCUT2D eigenvalue weighted by molar-refractivity contribution is 5.46. The van der Waals surface area contributed by atoms with Crippen LogP contribution < -0.4 is 5.32 Å². The topological polar surface area (TPSA) is 55.4 Å². The Morgan fingerprint density at radius 1 is 1.50 bits per heavy atom. The van der Waals surface area contributed by atoms with E-state index in [1.54, 1.807) is 0 Å². The standard InChI is InChI=1S/C4H5NO3/c6-3-5-1-2-8-4-7/h1-2H2,(H,5,6). The maximum absolute atomic E-state index is 9.38. The minimum absolute atomic E-state index is 0.152. The molecule has 4 heteroatoms. The molecule has 4 nitrogen and oxygen atoms in total. The summed E-state index contributed by atoms with van der Waals surface area (Å²) in [4.78, 5) is 18.7. The number of rotatable bonds is 5. The lowest BCUT2D eigenvalue weighted by molar-refractivity contribution is 0.282. The summed E-state index contributed by atoms with van der Waals surface area (Å²) in [5.41, 5.74) is 0. The number of amides is 1. The van der Waals surface area contributed by atoms with Gasteiger partial charge in [0.2, 0.25) is 0 Å². The van der Waals surface area contributed by atoms with E-state index in [0.29, 0.717) is 6.54 Å². The van der Waals surface area contributed by atoms with Crippen LogP contribution in [0.25, 0.3) is 0 Å². The number of hydrogen-bond donors (Lipinski definition) is 1. The zero-order valence-corrected chi connectivity index (χ0v) is 4.14. The monoisotopic (exact) mass is 115 g/mol. The van der Waals surface area contributed by atoms with Gasteiger partial charge in [-0.25, -0.2) is 4.79 Å². The Labute approximate surface area is 46.8 Å². The van der Waals surface area contributed by atoms with Crippen LogP contribution >= 0.6 is 0 Å². The lowest BCUT2D eigenvalue weighted by Gasteiger charge is -1.91. The van der Waals surface area contributed by atoms with Crippen molar-refractivity contribution >= 4 is 12.9 Å². The Balaban J connectivity index is 2.71. The third-order valence-corrected chi connectivity index (χ3v) is 0.460. The SMILES string of the molecule is O=[C]NCCO[C]=O. The molecule has 0 rings (SSSR count). The zero-order chi connectivity index (χ0) is 6.24. The van der Waals surface area contributed by atoms with Crippen molar-refractivity contribution in [3.63, 3.8) is 0 Å². The van der Waals surface area contributed by atoms with Crippen molar-refractivity contribution in [2.75, 3.05) is 13.2 Å². The first kappa shape index (κ1) is 6.94. The van der Waals surface area contributed by atoms with E-state index in [0.717, 1.165) is 0 Å². The Kier molecular flexibility index (Phi) is 5.15. The van der Waals surface area contributed by atoms with Crippen molar-refractivity contribution in [3.05, 3.63) is 0 Å². The molecule has 0 aromatic heterocycles. The molecule has 0 spiro atoms. The first-order valence-electron chi connectivity index (χ1n) is 2.00. The second-order valence-electron chi connectivity index (χ2n) is 0.961. The van der Waals surface area contributed by atoms with E-state index in [-0.39, 0.29) is 6.61 Å². The highest BCUT2D eigenvalue weighted by Crippen LogP contribution is 1.60. The van der Waals surface area contributed by atoms with E-state index in [1.807, 2.05) is 0 Å². The molecule has 0 aromatic rings. The molecule has 0 bridgehead atoms. The molecule has 0 aliphatic rings. The quantitative estimate of drug-likeness (QED) is 0.359. The molecule has 1 amide bonds. The molecule has 0 heterocycles. The molecular weight excluding hydrogens is 110 g/mol. The average Bonchev–Trinajstić information content (AvgIpc) is 1.81. The van der Waals surface area contributed by atoms with E-state index in [1.165, 1.54) is 12.9 Å². The summed E-state index contributed by atoms with van der Waals surface area (Å²) in [5.74, 6) is 0. The number of hydrogen-bond acceptors (Lipinski definition) is 3. The Morgan fingerprint density at radius 2 is 2.25 bits per heavy atom. The van der Waals surface area contributed by atoms with Crippen LogP contribution in [0.2, 0.25) is 0 Å². The smallest absolute Gasteiger partial charge is 0.417 e. The van der Waals surface area contributed by atoms with Crippen LogP contribution in [0.5, 0.6) is 0 Å². The fourth-order valence-electron chi connectivity index (χ4n) is 0.195. The highest BCUT2D eigenvalue weighted by atomic mass is 16.5. The maximum Gasteiger partial charge on any atom is 0.417 e. The van der Waals surface area contributed by atoms with Gasteiger partial charge in [0.1, 0.15) is 6.61 Å². The summed E-state index contributed by atoms with van der Waals surface area (Å²) in [6.45, 7) is 1.65. The summed E-state index contributed by atoms with van der Waals surface area (Å²) >= 11 is 0. The van der Waals surface area contributed by atoms with Gasteiger partial charge in [0.15, 0.2) is 0 Å². The van der Waals surface area contributed by atoms with Crippen molar-refractivity contribution in [2.45, 2.75) is 0 Å². The molecule has 0 saturated carbocycles. The molecule has 1 N–H and O–H groups in total. The van der Waals surface area contributed by atoms with E-state index < -0.39 is 0 Å². The van der Waals surface area contributed by atoms with Gasteiger partial charge in [-0.3, -0.25) is 4.79 Å². The summed E-state index contributed by atoms with van der Waals surface area (Å²) in [5, 5.41) is 2.17. The number of carbonyl (C=O) groups excluding carboxylic acids is 2. The third-order valence-electron chi connectivity index (χ3n) is 0.460. The maximum atomic E-state index is 9.38. The summed E-state index contributed by atoms with van der Waals surface area (Å²) < 4.78 is 4.09. The fraction of sp³-hybridized carbons (Fsp3) is 0.500. The van der Waals surface area contributed by atoms with Crippen LogP contribution in [-0.2, 0) is 14.3 Å². The third kappa shape index (κ3) is 4.94. The first-order valence-corrected chi connectivity index (χ1v) is 2.00. The largest absolute Gasteiger partial charge is 0.455 e. The molecule has 0 atom stereocenters. The predicted octanol–water partition coefficient (Wildman–Crippen LogP) is -1.27. The second-order valence-corrected chi connectivity index (χ2v) is 0.961. The molecule has 0 aromatic carbocycles. The van der Waals surface area contributed by atoms with Gasteiger partial charge in [-0.05, 0) is 0 Å². The van der Waals surface area contributed by atoms with Crippen LogP contribution in [0.1, 0.15) is 0 Å². The normalized spacial score (nSPS) is 7.50. The van der Waals surface area contributed by atoms with E-state index in [2.05, 4.69) is 10.1 Å². The fourth-order valence-corrected chi connectivity index (χ4v) is 0.195. The average molecular weight is 115 g/mol. The van der Waals surface area contributed by atoms with Crippen molar-refractivity contribution < 1.29 is 14.3 Å². The van der Waals surface area contributed by atoms with Crippen LogP contribution in [0.4, 0.5) is 0 Å². The van der Waals surface area contributed by atoms with Gasteiger partial charge in [-0.1, -0.05) is 0 Å². The van der Waals surface area contributed by atoms with Crippen LogP contribution in [-0.4, -0.2) is 26.0 Å². The predicted molar refractivity (Wildman–Crippen MR) is 25.3 cm³/mol. The molecule has 2 radical (unpaired) electrons. The van der Waals surface area contributed by atoms with Crippen LogP contribution in [0, 0.1) is 0 Å². The second kappa shape index (κ2) is 5.94. The highest BCUT2D eigenvalue weighted by Gasteiger charge is 1.81. The molecular formula is C4H5NO3. The van der Waals surface area contributed by atoms with Crippen LogP contribution in [0.3, 0.4) is 0 Å². The molecule has 8 heavy (non-hydrogen) atoms. The zero-order valence-electron chi connectivity index (χ0n) is 4.14. The van der Waals surface area contributed by atoms with Gasteiger partial charge in [0, 0.05) is 0 Å². The Hall–Kier alpha value is -1.06. The Bertz CT molecular complexity index is 63.7. The molecule has 0 aliphatic carbocycles. The van der Waals surface area contributed by atoms with Crippen molar-refractivity contribution in [3.8, 4) is 0 Å². The van der Waals surface area contributed by atoms with E-state index in [4.69, 9.17) is 0 Å². The minimum atomic E-state index is 0.152. The molecule has 0 unspecified atom stereocenters. The number of nitrogens with one attached hydrogen (secondary N) is 1. The molecule has 0 aliphatic heterocycles. The van der Waals surface area contributed by atoms with Gasteiger partial charge in [0.25, 0.3) is 0 Å². The summed E-state index contributed by atoms with van der Waals surface area (Å²) in [6, 6.07) is 0. The van der Waals surface area contributed by atoms with Crippen molar-refractivity contribution in [1.29, 1.82) is 0 Å². The van der Waals surface area contributed by atoms with Gasteiger partial charge in [0.05, 0.1) is 6.54 Å².